The summed E-state index contributed by atoms with van der Waals surface area (Å²) in [5.74, 6) is -0.238. The second-order valence-electron chi connectivity index (χ2n) is 6.48. The number of fused-ring (bicyclic) bond motifs is 2. The summed E-state index contributed by atoms with van der Waals surface area (Å²) in [7, 11) is 0. The van der Waals surface area contributed by atoms with Gasteiger partial charge >= 0.3 is 0 Å². The Morgan fingerprint density at radius 2 is 1.94 bits per heavy atom. The van der Waals surface area contributed by atoms with Crippen molar-refractivity contribution < 1.29 is 19.0 Å². The number of carbonyl (C=O) groups excluding carboxylic acids is 1. The van der Waals surface area contributed by atoms with Gasteiger partial charge in [-0.3, -0.25) is 4.79 Å². The minimum absolute atomic E-state index is 0.00812. The summed E-state index contributed by atoms with van der Waals surface area (Å²) in [4.78, 5) is 12.4. The third-order valence-electron chi connectivity index (χ3n) is 5.63. The van der Waals surface area contributed by atoms with E-state index in [1.165, 1.54) is 0 Å². The molecule has 0 amide bonds. The Bertz CT molecular complexity index is 401. The van der Waals surface area contributed by atoms with Gasteiger partial charge in [-0.1, -0.05) is 6.92 Å². The van der Waals surface area contributed by atoms with E-state index in [9.17, 15) is 4.79 Å². The minimum Gasteiger partial charge on any atom is -0.358 e. The van der Waals surface area contributed by atoms with Crippen molar-refractivity contribution in [2.24, 2.45) is 5.41 Å². The SMILES string of the molecule is C[C@@]12CCCC(=O)[C@@]13CCC1(OCCO1)[C@@H](C2)O3. The molecular weight excluding hydrogens is 232 g/mol. The molecule has 0 aromatic carbocycles. The Hall–Kier alpha value is -0.450. The zero-order chi connectivity index (χ0) is 12.4. The molecule has 0 unspecified atom stereocenters. The molecule has 0 radical (unpaired) electrons. The molecule has 4 heteroatoms. The lowest BCUT2D eigenvalue weighted by molar-refractivity contribution is -0.274. The van der Waals surface area contributed by atoms with Crippen molar-refractivity contribution in [1.29, 1.82) is 0 Å². The molecule has 3 saturated heterocycles. The Morgan fingerprint density at radius 1 is 1.17 bits per heavy atom. The molecule has 100 valence electrons. The Morgan fingerprint density at radius 3 is 2.72 bits per heavy atom. The van der Waals surface area contributed by atoms with Crippen LogP contribution in [0.2, 0.25) is 0 Å². The van der Waals surface area contributed by atoms with Crippen molar-refractivity contribution in [3.63, 3.8) is 0 Å². The molecule has 1 saturated carbocycles. The number of ether oxygens (including phenoxy) is 3. The van der Waals surface area contributed by atoms with Crippen LogP contribution in [-0.2, 0) is 19.0 Å². The number of carbonyl (C=O) groups is 1. The standard InChI is InChI=1S/C14H20O4/c1-12-4-2-3-10(15)13(12)5-6-14(11(9-12)18-13)16-7-8-17-14/h11H,2-9H2,1H3/t11-,12+,13+/m1/s1. The summed E-state index contributed by atoms with van der Waals surface area (Å²) in [6, 6.07) is 0. The average Bonchev–Trinajstić information content (AvgIpc) is 2.88. The van der Waals surface area contributed by atoms with Crippen LogP contribution in [0, 0.1) is 5.41 Å². The molecular formula is C14H20O4. The normalized spacial score (nSPS) is 49.6. The van der Waals surface area contributed by atoms with Gasteiger partial charge in [0, 0.05) is 18.3 Å². The van der Waals surface area contributed by atoms with Crippen molar-refractivity contribution in [2.75, 3.05) is 13.2 Å². The van der Waals surface area contributed by atoms with Crippen molar-refractivity contribution in [3.8, 4) is 0 Å². The van der Waals surface area contributed by atoms with E-state index in [0.29, 0.717) is 25.4 Å². The van der Waals surface area contributed by atoms with Gasteiger partial charge in [-0.2, -0.15) is 0 Å². The molecule has 0 aromatic heterocycles. The largest absolute Gasteiger partial charge is 0.358 e. The van der Waals surface area contributed by atoms with E-state index in [2.05, 4.69) is 6.92 Å². The summed E-state index contributed by atoms with van der Waals surface area (Å²) >= 11 is 0. The molecule has 1 aliphatic carbocycles. The van der Waals surface area contributed by atoms with Crippen LogP contribution in [0.4, 0.5) is 0 Å². The highest BCUT2D eigenvalue weighted by Crippen LogP contribution is 2.62. The van der Waals surface area contributed by atoms with Gasteiger partial charge < -0.3 is 14.2 Å². The van der Waals surface area contributed by atoms with Gasteiger partial charge in [-0.05, 0) is 25.7 Å². The van der Waals surface area contributed by atoms with Crippen LogP contribution >= 0.6 is 0 Å². The second kappa shape index (κ2) is 3.35. The fraction of sp³-hybridized carbons (Fsp3) is 0.929. The van der Waals surface area contributed by atoms with Crippen molar-refractivity contribution in [1.82, 2.24) is 0 Å². The van der Waals surface area contributed by atoms with Crippen LogP contribution in [0.1, 0.15) is 45.4 Å². The number of hydrogen-bond acceptors (Lipinski definition) is 4. The summed E-state index contributed by atoms with van der Waals surface area (Å²) < 4.78 is 17.9. The highest BCUT2D eigenvalue weighted by molar-refractivity contribution is 5.89. The average molecular weight is 252 g/mol. The number of ketones is 1. The first kappa shape index (κ1) is 11.4. The van der Waals surface area contributed by atoms with Gasteiger partial charge in [0.1, 0.15) is 11.7 Å². The molecule has 2 spiro atoms. The molecule has 3 aliphatic heterocycles. The van der Waals surface area contributed by atoms with Gasteiger partial charge in [-0.25, -0.2) is 0 Å². The number of hydrogen-bond donors (Lipinski definition) is 0. The molecule has 0 aromatic rings. The lowest BCUT2D eigenvalue weighted by Gasteiger charge is -2.47. The van der Waals surface area contributed by atoms with Crippen molar-refractivity contribution in [3.05, 3.63) is 0 Å². The third-order valence-corrected chi connectivity index (χ3v) is 5.63. The second-order valence-corrected chi connectivity index (χ2v) is 6.48. The Balaban J connectivity index is 1.74. The molecule has 0 N–H and O–H groups in total. The first-order valence-electron chi connectivity index (χ1n) is 7.09. The predicted octanol–water partition coefficient (Wildman–Crippen LogP) is 1.81. The first-order chi connectivity index (χ1) is 8.60. The lowest BCUT2D eigenvalue weighted by atomic mass is 9.62. The van der Waals surface area contributed by atoms with Crippen LogP contribution in [-0.4, -0.2) is 36.5 Å². The first-order valence-corrected chi connectivity index (χ1v) is 7.09. The molecule has 4 rings (SSSR count). The van der Waals surface area contributed by atoms with Gasteiger partial charge in [0.2, 0.25) is 0 Å². The Labute approximate surface area is 107 Å². The maximum atomic E-state index is 12.4. The summed E-state index contributed by atoms with van der Waals surface area (Å²) in [6.45, 7) is 3.52. The van der Waals surface area contributed by atoms with Gasteiger partial charge in [0.15, 0.2) is 11.6 Å². The van der Waals surface area contributed by atoms with E-state index in [4.69, 9.17) is 14.2 Å². The van der Waals surface area contributed by atoms with Crippen LogP contribution in [0.15, 0.2) is 0 Å². The van der Waals surface area contributed by atoms with Gasteiger partial charge in [0.25, 0.3) is 0 Å². The van der Waals surface area contributed by atoms with Crippen LogP contribution in [0.3, 0.4) is 0 Å². The number of Topliss-reactive ketones (excluding diaryl/α,β-unsaturated/α-hetero) is 1. The smallest absolute Gasteiger partial charge is 0.195 e. The summed E-state index contributed by atoms with van der Waals surface area (Å²) in [5, 5.41) is 0. The molecule has 2 bridgehead atoms. The van der Waals surface area contributed by atoms with E-state index in [-0.39, 0.29) is 11.5 Å². The zero-order valence-electron chi connectivity index (χ0n) is 10.9. The van der Waals surface area contributed by atoms with E-state index < -0.39 is 11.4 Å². The zero-order valence-corrected chi connectivity index (χ0v) is 10.9. The quantitative estimate of drug-likeness (QED) is 0.659. The highest BCUT2D eigenvalue weighted by atomic mass is 16.8. The molecule has 18 heavy (non-hydrogen) atoms. The molecule has 4 nitrogen and oxygen atoms in total. The van der Waals surface area contributed by atoms with Gasteiger partial charge in [0.05, 0.1) is 13.2 Å². The van der Waals surface area contributed by atoms with Gasteiger partial charge in [-0.15, -0.1) is 0 Å². The molecule has 4 fully saturated rings. The fourth-order valence-electron chi connectivity index (χ4n) is 4.61. The molecule has 3 atom stereocenters. The minimum atomic E-state index is -0.550. The predicted molar refractivity (Wildman–Crippen MR) is 63.1 cm³/mol. The number of rotatable bonds is 0. The van der Waals surface area contributed by atoms with Crippen molar-refractivity contribution in [2.45, 2.75) is 62.9 Å². The van der Waals surface area contributed by atoms with E-state index >= 15 is 0 Å². The van der Waals surface area contributed by atoms with Crippen LogP contribution in [0.25, 0.3) is 0 Å². The fourth-order valence-corrected chi connectivity index (χ4v) is 4.61. The van der Waals surface area contributed by atoms with E-state index in [1.807, 2.05) is 0 Å². The third kappa shape index (κ3) is 1.15. The van der Waals surface area contributed by atoms with Crippen LogP contribution in [0.5, 0.6) is 0 Å². The molecule has 3 heterocycles. The van der Waals surface area contributed by atoms with Crippen LogP contribution < -0.4 is 0 Å². The van der Waals surface area contributed by atoms with Crippen molar-refractivity contribution >= 4 is 5.78 Å². The topological polar surface area (TPSA) is 44.8 Å². The lowest BCUT2D eigenvalue weighted by Crippen LogP contribution is -2.57. The summed E-state index contributed by atoms with van der Waals surface area (Å²) in [5.41, 5.74) is -0.539. The molecule has 4 aliphatic rings. The van der Waals surface area contributed by atoms with E-state index in [1.54, 1.807) is 0 Å². The monoisotopic (exact) mass is 252 g/mol. The highest BCUT2D eigenvalue weighted by Gasteiger charge is 2.69. The maximum absolute atomic E-state index is 12.4. The maximum Gasteiger partial charge on any atom is 0.195 e. The van der Waals surface area contributed by atoms with E-state index in [0.717, 1.165) is 32.1 Å². The Kier molecular flexibility index (Phi) is 2.12. The summed E-state index contributed by atoms with van der Waals surface area (Å²) in [6.07, 6.45) is 5.18.